The van der Waals surface area contributed by atoms with Gasteiger partial charge in [-0.1, -0.05) is 127 Å². The number of hydrogen-bond acceptors (Lipinski definition) is 8. The van der Waals surface area contributed by atoms with Crippen molar-refractivity contribution in [2.45, 2.75) is 179 Å². The van der Waals surface area contributed by atoms with E-state index in [1.165, 1.54) is 51.4 Å². The van der Waals surface area contributed by atoms with Crippen LogP contribution < -0.4 is 5.32 Å². The van der Waals surface area contributed by atoms with E-state index >= 15 is 0 Å². The molecule has 0 saturated carbocycles. The van der Waals surface area contributed by atoms with Crippen molar-refractivity contribution in [2.24, 2.45) is 0 Å². The summed E-state index contributed by atoms with van der Waals surface area (Å²) in [7, 11) is 0. The number of hydrogen-bond donors (Lipinski definition) is 6. The third kappa shape index (κ3) is 21.3. The Labute approximate surface area is 291 Å². The Morgan fingerprint density at radius 1 is 0.708 bits per heavy atom. The third-order valence-corrected chi connectivity index (χ3v) is 8.65. The first kappa shape index (κ1) is 44.2. The Balaban J connectivity index is 2.26. The fraction of sp³-hybridized carbons (Fsp3) is 0.769. The lowest BCUT2D eigenvalue weighted by molar-refractivity contribution is -0.302. The molecule has 1 aliphatic heterocycles. The third-order valence-electron chi connectivity index (χ3n) is 8.65. The second-order valence-corrected chi connectivity index (χ2v) is 13.0. The predicted octanol–water partition coefficient (Wildman–Crippen LogP) is 6.33. The summed E-state index contributed by atoms with van der Waals surface area (Å²) < 4.78 is 11.0. The van der Waals surface area contributed by atoms with E-state index in [4.69, 9.17) is 9.47 Å². The van der Waals surface area contributed by atoms with Crippen LogP contribution in [0.3, 0.4) is 0 Å². The Kier molecular flexibility index (Phi) is 27.6. The van der Waals surface area contributed by atoms with E-state index in [1.54, 1.807) is 6.08 Å². The maximum absolute atomic E-state index is 12.7. The molecule has 0 aromatic carbocycles. The van der Waals surface area contributed by atoms with Gasteiger partial charge in [-0.2, -0.15) is 0 Å². The van der Waals surface area contributed by atoms with Gasteiger partial charge in [0.15, 0.2) is 6.29 Å². The number of amides is 1. The van der Waals surface area contributed by atoms with E-state index in [9.17, 15) is 30.3 Å². The van der Waals surface area contributed by atoms with Gasteiger partial charge in [0.2, 0.25) is 5.91 Å². The molecule has 0 aromatic heterocycles. The maximum atomic E-state index is 12.7. The van der Waals surface area contributed by atoms with Crippen LogP contribution in [-0.4, -0.2) is 87.5 Å². The maximum Gasteiger partial charge on any atom is 0.220 e. The van der Waals surface area contributed by atoms with Gasteiger partial charge in [0.1, 0.15) is 24.4 Å². The van der Waals surface area contributed by atoms with Gasteiger partial charge >= 0.3 is 0 Å². The Hall–Kier alpha value is -1.85. The normalized spacial score (nSPS) is 23.2. The molecule has 0 radical (unpaired) electrons. The molecule has 9 nitrogen and oxygen atoms in total. The van der Waals surface area contributed by atoms with Crippen LogP contribution in [0.2, 0.25) is 0 Å². The van der Waals surface area contributed by atoms with Gasteiger partial charge in [-0.15, -0.1) is 0 Å². The second-order valence-electron chi connectivity index (χ2n) is 13.0. The molecular weight excluding hydrogens is 610 g/mol. The smallest absolute Gasteiger partial charge is 0.220 e. The highest BCUT2D eigenvalue weighted by Gasteiger charge is 2.44. The van der Waals surface area contributed by atoms with E-state index in [0.717, 1.165) is 64.2 Å². The summed E-state index contributed by atoms with van der Waals surface area (Å²) in [4.78, 5) is 12.7. The topological polar surface area (TPSA) is 149 Å². The molecular formula is C39H69NO8. The van der Waals surface area contributed by atoms with E-state index in [0.29, 0.717) is 6.42 Å². The quantitative estimate of drug-likeness (QED) is 0.0397. The van der Waals surface area contributed by atoms with Crippen LogP contribution in [-0.2, 0) is 14.3 Å². The van der Waals surface area contributed by atoms with Gasteiger partial charge in [-0.05, 0) is 51.4 Å². The van der Waals surface area contributed by atoms with E-state index in [-0.39, 0.29) is 12.5 Å². The van der Waals surface area contributed by atoms with Crippen molar-refractivity contribution >= 4 is 5.91 Å². The number of aliphatic hydroxyl groups excluding tert-OH is 5. The molecule has 6 N–H and O–H groups in total. The fourth-order valence-electron chi connectivity index (χ4n) is 5.50. The molecule has 0 bridgehead atoms. The average Bonchev–Trinajstić information content (AvgIpc) is 3.08. The van der Waals surface area contributed by atoms with Crippen LogP contribution in [0.25, 0.3) is 0 Å². The lowest BCUT2D eigenvalue weighted by Gasteiger charge is -2.40. The van der Waals surface area contributed by atoms with Gasteiger partial charge in [0.25, 0.3) is 0 Å². The van der Waals surface area contributed by atoms with Crippen LogP contribution >= 0.6 is 0 Å². The average molecular weight is 680 g/mol. The first-order chi connectivity index (χ1) is 23.3. The first-order valence-electron chi connectivity index (χ1n) is 18.9. The molecule has 278 valence electrons. The van der Waals surface area contributed by atoms with Crippen LogP contribution in [0.5, 0.6) is 0 Å². The van der Waals surface area contributed by atoms with E-state index in [2.05, 4.69) is 55.6 Å². The van der Waals surface area contributed by atoms with Crippen molar-refractivity contribution in [3.8, 4) is 0 Å². The summed E-state index contributed by atoms with van der Waals surface area (Å²) in [5.74, 6) is -0.202. The molecule has 1 saturated heterocycles. The predicted molar refractivity (Wildman–Crippen MR) is 193 cm³/mol. The number of allylic oxidation sites excluding steroid dienone is 7. The summed E-state index contributed by atoms with van der Waals surface area (Å²) in [6, 6.07) is -0.807. The minimum atomic E-state index is -1.57. The van der Waals surface area contributed by atoms with Crippen molar-refractivity contribution in [3.05, 3.63) is 48.6 Å². The van der Waals surface area contributed by atoms with Gasteiger partial charge in [0, 0.05) is 6.42 Å². The highest BCUT2D eigenvalue weighted by atomic mass is 16.7. The van der Waals surface area contributed by atoms with Crippen molar-refractivity contribution in [2.75, 3.05) is 13.2 Å². The molecule has 9 heteroatoms. The Bertz CT molecular complexity index is 889. The summed E-state index contributed by atoms with van der Waals surface area (Å²) >= 11 is 0. The van der Waals surface area contributed by atoms with Gasteiger partial charge < -0.3 is 40.3 Å². The van der Waals surface area contributed by atoms with Crippen LogP contribution in [0.4, 0.5) is 0 Å². The fourth-order valence-corrected chi connectivity index (χ4v) is 5.50. The molecule has 0 aliphatic carbocycles. The zero-order chi connectivity index (χ0) is 35.2. The van der Waals surface area contributed by atoms with Crippen LogP contribution in [0, 0.1) is 0 Å². The molecule has 1 amide bonds. The lowest BCUT2D eigenvalue weighted by Crippen LogP contribution is -2.60. The number of rotatable bonds is 29. The molecule has 1 fully saturated rings. The molecule has 0 spiro atoms. The first-order valence-corrected chi connectivity index (χ1v) is 18.9. The highest BCUT2D eigenvalue weighted by Crippen LogP contribution is 2.22. The number of nitrogens with one attached hydrogen (secondary N) is 1. The summed E-state index contributed by atoms with van der Waals surface area (Å²) in [5.41, 5.74) is 0. The molecule has 7 unspecified atom stereocenters. The molecule has 48 heavy (non-hydrogen) atoms. The van der Waals surface area contributed by atoms with Crippen LogP contribution in [0.1, 0.15) is 136 Å². The SMILES string of the molecule is CCCC/C=C/C(O)C(COC1OC(CO)C(O)C(O)C1O)NC(=O)CCCCCCCC/C=C\C/C=C\C/C=C\CCCCCCC. The summed E-state index contributed by atoms with van der Waals surface area (Å²) in [5, 5.41) is 53.3. The van der Waals surface area contributed by atoms with Crippen molar-refractivity contribution in [1.82, 2.24) is 5.32 Å². The number of unbranched alkanes of at least 4 members (excludes halogenated alkanes) is 13. The lowest BCUT2D eigenvalue weighted by atomic mass is 9.99. The minimum Gasteiger partial charge on any atom is -0.394 e. The van der Waals surface area contributed by atoms with Crippen molar-refractivity contribution < 1.29 is 39.8 Å². The van der Waals surface area contributed by atoms with E-state index < -0.39 is 49.5 Å². The highest BCUT2D eigenvalue weighted by molar-refractivity contribution is 5.76. The number of ether oxygens (including phenoxy) is 2. The summed E-state index contributed by atoms with van der Waals surface area (Å²) in [6.07, 6.45) is 29.3. The van der Waals surface area contributed by atoms with Crippen LogP contribution in [0.15, 0.2) is 48.6 Å². The standard InChI is InChI=1S/C39H69NO8/c1-3-5-7-9-10-11-12-13-14-15-16-17-18-19-20-21-22-23-24-25-27-29-35(43)40-32(33(42)28-26-8-6-4-2)31-47-39-38(46)37(45)36(44)34(30-41)48-39/h12-13,15-16,18-19,26,28,32-34,36-39,41-42,44-46H,3-11,14,17,20-25,27,29-31H2,1-2H3,(H,40,43)/b13-12-,16-15-,19-18-,28-26+. The largest absolute Gasteiger partial charge is 0.394 e. The zero-order valence-electron chi connectivity index (χ0n) is 30.0. The molecule has 1 rings (SSSR count). The Morgan fingerprint density at radius 3 is 1.85 bits per heavy atom. The number of aliphatic hydroxyl groups is 5. The van der Waals surface area contributed by atoms with Gasteiger partial charge in [-0.25, -0.2) is 0 Å². The number of carbonyl (C=O) groups is 1. The van der Waals surface area contributed by atoms with Gasteiger partial charge in [0.05, 0.1) is 25.4 Å². The van der Waals surface area contributed by atoms with Crippen molar-refractivity contribution in [3.63, 3.8) is 0 Å². The monoisotopic (exact) mass is 680 g/mol. The molecule has 0 aromatic rings. The Morgan fingerprint density at radius 2 is 1.25 bits per heavy atom. The molecule has 7 atom stereocenters. The zero-order valence-corrected chi connectivity index (χ0v) is 30.0. The molecule has 1 aliphatic rings. The molecule has 1 heterocycles. The number of carbonyl (C=O) groups excluding carboxylic acids is 1. The minimum absolute atomic E-state index is 0.199. The second kappa shape index (κ2) is 30.0. The summed E-state index contributed by atoms with van der Waals surface area (Å²) in [6.45, 7) is 3.56. The van der Waals surface area contributed by atoms with Gasteiger partial charge in [-0.3, -0.25) is 4.79 Å². The van der Waals surface area contributed by atoms with Crippen molar-refractivity contribution in [1.29, 1.82) is 0 Å². The van der Waals surface area contributed by atoms with E-state index in [1.807, 2.05) is 6.08 Å².